The summed E-state index contributed by atoms with van der Waals surface area (Å²) in [4.78, 5) is 26.8. The van der Waals surface area contributed by atoms with Gasteiger partial charge in [0.1, 0.15) is 5.76 Å². The molecule has 0 atom stereocenters. The number of amides is 1. The van der Waals surface area contributed by atoms with Crippen LogP contribution in [0.4, 0.5) is 0 Å². The van der Waals surface area contributed by atoms with E-state index in [9.17, 15) is 9.59 Å². The van der Waals surface area contributed by atoms with Crippen LogP contribution in [-0.2, 0) is 6.42 Å². The van der Waals surface area contributed by atoms with E-state index < -0.39 is 5.97 Å². The number of fused-ring (bicyclic) bond motifs is 1. The predicted octanol–water partition coefficient (Wildman–Crippen LogP) is 1.84. The summed E-state index contributed by atoms with van der Waals surface area (Å²) in [5.41, 5.74) is 4.21. The number of rotatable bonds is 3. The minimum Gasteiger partial charge on any atom is -0.475 e. The average Bonchev–Trinajstić information content (AvgIpc) is 2.98. The molecule has 2 heterocycles. The molecule has 1 aliphatic carbocycles. The summed E-state index contributed by atoms with van der Waals surface area (Å²) in [5.74, 6) is -0.973. The fraction of sp³-hybridized carbons (Fsp3) is 0.200. The Kier molecular flexibility index (Phi) is 3.69. The molecule has 2 aromatic rings. The lowest BCUT2D eigenvalue weighted by atomic mass is 9.96. The highest BCUT2D eigenvalue weighted by atomic mass is 16.4. The molecule has 0 spiro atoms. The van der Waals surface area contributed by atoms with Gasteiger partial charge in [0.25, 0.3) is 5.91 Å². The molecule has 0 unspecified atom stereocenters. The molecular weight excluding hydrogens is 286 g/mol. The van der Waals surface area contributed by atoms with Crippen molar-refractivity contribution in [3.63, 3.8) is 0 Å². The quantitative estimate of drug-likeness (QED) is 0.841. The predicted molar refractivity (Wildman–Crippen MR) is 76.8 cm³/mol. The molecule has 0 bridgehead atoms. The number of pyridine rings is 1. The van der Waals surface area contributed by atoms with E-state index in [1.807, 2.05) is 0 Å². The molecule has 2 aromatic heterocycles. The Bertz CT molecular complexity index is 749. The maximum Gasteiger partial charge on any atom is 0.371 e. The zero-order valence-electron chi connectivity index (χ0n) is 11.6. The van der Waals surface area contributed by atoms with Crippen LogP contribution in [-0.4, -0.2) is 27.7 Å². The summed E-state index contributed by atoms with van der Waals surface area (Å²) in [7, 11) is 0. The van der Waals surface area contributed by atoms with E-state index in [4.69, 9.17) is 9.52 Å². The van der Waals surface area contributed by atoms with Crippen molar-refractivity contribution in [3.05, 3.63) is 53.2 Å². The molecular formula is C15H13N3O4. The van der Waals surface area contributed by atoms with E-state index in [0.29, 0.717) is 35.4 Å². The third-order valence-electron chi connectivity index (χ3n) is 3.38. The fourth-order valence-electron chi connectivity index (χ4n) is 2.32. The molecule has 0 fully saturated rings. The Morgan fingerprint density at radius 3 is 2.77 bits per heavy atom. The van der Waals surface area contributed by atoms with Crippen molar-refractivity contribution in [1.29, 1.82) is 0 Å². The van der Waals surface area contributed by atoms with Crippen molar-refractivity contribution >= 4 is 17.6 Å². The summed E-state index contributed by atoms with van der Waals surface area (Å²) in [6.07, 6.45) is 5.16. The first-order chi connectivity index (χ1) is 10.6. The number of hydrogen-bond donors (Lipinski definition) is 2. The Labute approximate surface area is 125 Å². The molecule has 1 aliphatic rings. The van der Waals surface area contributed by atoms with E-state index in [2.05, 4.69) is 15.5 Å². The van der Waals surface area contributed by atoms with E-state index in [1.165, 1.54) is 18.5 Å². The molecule has 7 nitrogen and oxygen atoms in total. The molecule has 3 rings (SSSR count). The zero-order chi connectivity index (χ0) is 15.5. The van der Waals surface area contributed by atoms with Crippen LogP contribution in [0.5, 0.6) is 0 Å². The SMILES string of the molecule is O=C(N/N=C1\CCCc2oc(C(=O)O)cc21)c1ccncc1. The first-order valence-electron chi connectivity index (χ1n) is 6.78. The van der Waals surface area contributed by atoms with Gasteiger partial charge in [0.15, 0.2) is 0 Å². The molecule has 7 heteroatoms. The minimum atomic E-state index is -1.12. The van der Waals surface area contributed by atoms with Crippen molar-refractivity contribution < 1.29 is 19.1 Å². The summed E-state index contributed by atoms with van der Waals surface area (Å²) in [6, 6.07) is 4.62. The number of aromatic carboxylic acids is 1. The Morgan fingerprint density at radius 2 is 2.05 bits per heavy atom. The highest BCUT2D eigenvalue weighted by molar-refractivity contribution is 6.04. The minimum absolute atomic E-state index is 0.111. The van der Waals surface area contributed by atoms with Crippen LogP contribution in [0.2, 0.25) is 0 Å². The molecule has 0 saturated carbocycles. The Hall–Kier alpha value is -2.96. The standard InChI is InChI=1S/C15H13N3O4/c19-14(9-4-6-16-7-5-9)18-17-11-2-1-3-12-10(11)8-13(22-12)15(20)21/h4-8H,1-3H2,(H,18,19)(H,20,21)/b17-11+. The summed E-state index contributed by atoms with van der Waals surface area (Å²) in [5, 5.41) is 13.1. The second kappa shape index (κ2) is 5.80. The van der Waals surface area contributed by atoms with E-state index >= 15 is 0 Å². The van der Waals surface area contributed by atoms with Crippen molar-refractivity contribution in [2.75, 3.05) is 0 Å². The van der Waals surface area contributed by atoms with Gasteiger partial charge in [0, 0.05) is 36.0 Å². The smallest absolute Gasteiger partial charge is 0.371 e. The number of aromatic nitrogens is 1. The maximum absolute atomic E-state index is 11.9. The number of hydrogen-bond acceptors (Lipinski definition) is 5. The lowest BCUT2D eigenvalue weighted by Crippen LogP contribution is -2.21. The fourth-order valence-corrected chi connectivity index (χ4v) is 2.32. The Morgan fingerprint density at radius 1 is 1.27 bits per heavy atom. The number of carbonyl (C=O) groups excluding carboxylic acids is 1. The topological polar surface area (TPSA) is 105 Å². The van der Waals surface area contributed by atoms with Gasteiger partial charge in [-0.15, -0.1) is 0 Å². The first kappa shape index (κ1) is 14.0. The number of carbonyl (C=O) groups is 2. The van der Waals surface area contributed by atoms with Crippen LogP contribution < -0.4 is 5.43 Å². The highest BCUT2D eigenvalue weighted by Gasteiger charge is 2.23. The molecule has 22 heavy (non-hydrogen) atoms. The van der Waals surface area contributed by atoms with Gasteiger partial charge in [-0.25, -0.2) is 10.2 Å². The Balaban J connectivity index is 1.82. The van der Waals surface area contributed by atoms with E-state index in [-0.39, 0.29) is 11.7 Å². The number of aryl methyl sites for hydroxylation is 1. The molecule has 0 saturated heterocycles. The molecule has 1 amide bonds. The van der Waals surface area contributed by atoms with Gasteiger partial charge >= 0.3 is 5.97 Å². The van der Waals surface area contributed by atoms with Gasteiger partial charge in [-0.3, -0.25) is 9.78 Å². The van der Waals surface area contributed by atoms with Crippen LogP contribution >= 0.6 is 0 Å². The molecule has 0 aromatic carbocycles. The number of carboxylic acid groups (broad SMARTS) is 1. The van der Waals surface area contributed by atoms with Crippen LogP contribution in [0.3, 0.4) is 0 Å². The van der Waals surface area contributed by atoms with Crippen LogP contribution in [0.1, 0.15) is 45.1 Å². The van der Waals surface area contributed by atoms with Gasteiger partial charge < -0.3 is 9.52 Å². The number of hydrazone groups is 1. The van der Waals surface area contributed by atoms with Crippen LogP contribution in [0.25, 0.3) is 0 Å². The van der Waals surface area contributed by atoms with Gasteiger partial charge in [0.05, 0.1) is 5.71 Å². The number of nitrogens with zero attached hydrogens (tertiary/aromatic N) is 2. The van der Waals surface area contributed by atoms with Crippen molar-refractivity contribution in [3.8, 4) is 0 Å². The van der Waals surface area contributed by atoms with Crippen LogP contribution in [0.15, 0.2) is 40.1 Å². The number of furan rings is 1. The van der Waals surface area contributed by atoms with Crippen molar-refractivity contribution in [2.45, 2.75) is 19.3 Å². The van der Waals surface area contributed by atoms with E-state index in [0.717, 1.165) is 6.42 Å². The van der Waals surface area contributed by atoms with Gasteiger partial charge in [-0.05, 0) is 25.0 Å². The second-order valence-electron chi connectivity index (χ2n) is 4.84. The summed E-state index contributed by atoms with van der Waals surface area (Å²) >= 11 is 0. The first-order valence-corrected chi connectivity index (χ1v) is 6.78. The van der Waals surface area contributed by atoms with Gasteiger partial charge in [-0.2, -0.15) is 5.10 Å². The largest absolute Gasteiger partial charge is 0.475 e. The third kappa shape index (κ3) is 2.73. The van der Waals surface area contributed by atoms with Crippen molar-refractivity contribution in [2.24, 2.45) is 5.10 Å². The number of nitrogens with one attached hydrogen (secondary N) is 1. The van der Waals surface area contributed by atoms with Crippen LogP contribution in [0, 0.1) is 0 Å². The maximum atomic E-state index is 11.9. The van der Waals surface area contributed by atoms with E-state index in [1.54, 1.807) is 12.1 Å². The molecule has 112 valence electrons. The molecule has 2 N–H and O–H groups in total. The number of carboxylic acids is 1. The second-order valence-corrected chi connectivity index (χ2v) is 4.84. The third-order valence-corrected chi connectivity index (χ3v) is 3.38. The molecule has 0 aliphatic heterocycles. The van der Waals surface area contributed by atoms with Gasteiger partial charge in [0.2, 0.25) is 5.76 Å². The lowest BCUT2D eigenvalue weighted by Gasteiger charge is -2.12. The van der Waals surface area contributed by atoms with Gasteiger partial charge in [-0.1, -0.05) is 0 Å². The average molecular weight is 299 g/mol. The monoisotopic (exact) mass is 299 g/mol. The normalized spacial score (nSPS) is 15.4. The zero-order valence-corrected chi connectivity index (χ0v) is 11.6. The molecule has 0 radical (unpaired) electrons. The summed E-state index contributed by atoms with van der Waals surface area (Å²) < 4.78 is 5.29. The highest BCUT2D eigenvalue weighted by Crippen LogP contribution is 2.25. The van der Waals surface area contributed by atoms with Crippen molar-refractivity contribution in [1.82, 2.24) is 10.4 Å². The summed E-state index contributed by atoms with van der Waals surface area (Å²) in [6.45, 7) is 0. The lowest BCUT2D eigenvalue weighted by molar-refractivity contribution is 0.0660.